The molecule has 2 rings (SSSR count). The van der Waals surface area contributed by atoms with E-state index in [2.05, 4.69) is 34.6 Å². The molecule has 1 aromatic rings. The number of anilines is 2. The summed E-state index contributed by atoms with van der Waals surface area (Å²) < 4.78 is 0. The molecular weight excluding hydrogens is 319 g/mol. The molecule has 0 saturated heterocycles. The molecule has 0 saturated carbocycles. The van der Waals surface area contributed by atoms with Crippen molar-refractivity contribution in [1.29, 1.82) is 0 Å². The van der Waals surface area contributed by atoms with Crippen molar-refractivity contribution in [2.24, 2.45) is 0 Å². The number of nitrogens with one attached hydrogen (secondary N) is 1. The van der Waals surface area contributed by atoms with Crippen LogP contribution in [0.15, 0.2) is 36.7 Å². The van der Waals surface area contributed by atoms with E-state index >= 15 is 0 Å². The predicted molar refractivity (Wildman–Crippen MR) is 86.9 cm³/mol. The molecule has 116 valence electrons. The maximum absolute atomic E-state index is 5.63. The average molecular weight is 341 g/mol. The van der Waals surface area contributed by atoms with Crippen LogP contribution in [-0.4, -0.2) is 36.6 Å². The smallest absolute Gasteiger partial charge is 0.0890 e. The van der Waals surface area contributed by atoms with E-state index < -0.39 is 0 Å². The molecule has 0 aliphatic carbocycles. The maximum Gasteiger partial charge on any atom is 0.0890 e. The minimum Gasteiger partial charge on any atom is -1.00 e. The van der Waals surface area contributed by atoms with E-state index in [0.717, 1.165) is 37.6 Å². The quantitative estimate of drug-likeness (QED) is 0.565. The summed E-state index contributed by atoms with van der Waals surface area (Å²) in [6.45, 7) is 3.07. The molecular formula is C13H22Cl3N4-. The van der Waals surface area contributed by atoms with Gasteiger partial charge >= 0.3 is 0 Å². The number of rotatable bonds is 5. The molecule has 0 aromatic heterocycles. The Morgan fingerprint density at radius 1 is 1.15 bits per heavy atom. The van der Waals surface area contributed by atoms with Crippen LogP contribution >= 0.6 is 24.8 Å². The molecule has 1 aliphatic heterocycles. The van der Waals surface area contributed by atoms with Crippen molar-refractivity contribution in [2.75, 3.05) is 37.9 Å². The molecule has 0 amide bonds. The first-order valence-corrected chi connectivity index (χ1v) is 5.96. The van der Waals surface area contributed by atoms with Crippen LogP contribution in [0.5, 0.6) is 0 Å². The zero-order valence-corrected chi connectivity index (χ0v) is 13.8. The van der Waals surface area contributed by atoms with Gasteiger partial charge in [-0.25, -0.2) is 0 Å². The third-order valence-corrected chi connectivity index (χ3v) is 2.80. The summed E-state index contributed by atoms with van der Waals surface area (Å²) in [4.78, 5) is 4.48. The Morgan fingerprint density at radius 3 is 2.35 bits per heavy atom. The molecule has 3 N–H and O–H groups in total. The van der Waals surface area contributed by atoms with Crippen molar-refractivity contribution in [2.45, 2.75) is 6.42 Å². The minimum absolute atomic E-state index is 0. The van der Waals surface area contributed by atoms with Gasteiger partial charge in [-0.1, -0.05) is 0 Å². The van der Waals surface area contributed by atoms with Crippen molar-refractivity contribution in [3.05, 3.63) is 36.7 Å². The number of nitrogens with zero attached hydrogens (tertiary/aromatic N) is 2. The Balaban J connectivity index is 0. The van der Waals surface area contributed by atoms with Gasteiger partial charge in [-0.3, -0.25) is 0 Å². The Bertz CT molecular complexity index is 384. The summed E-state index contributed by atoms with van der Waals surface area (Å²) in [6, 6.07) is 7.86. The molecule has 0 bridgehead atoms. The fourth-order valence-corrected chi connectivity index (χ4v) is 1.85. The lowest BCUT2D eigenvalue weighted by Crippen LogP contribution is -3.00. The highest BCUT2D eigenvalue weighted by molar-refractivity contribution is 5.85. The lowest BCUT2D eigenvalue weighted by molar-refractivity contribution is -0.00000388. The molecule has 20 heavy (non-hydrogen) atoms. The number of benzene rings is 1. The predicted octanol–water partition coefficient (Wildman–Crippen LogP) is -0.405. The third kappa shape index (κ3) is 6.98. The fraction of sp³-hybridized carbons (Fsp3) is 0.385. The first-order valence-electron chi connectivity index (χ1n) is 5.96. The molecule has 1 aromatic carbocycles. The molecule has 7 heteroatoms. The van der Waals surface area contributed by atoms with Crippen LogP contribution in [0, 0.1) is 0 Å². The van der Waals surface area contributed by atoms with Gasteiger partial charge in [0.1, 0.15) is 0 Å². The summed E-state index contributed by atoms with van der Waals surface area (Å²) >= 11 is 0. The van der Waals surface area contributed by atoms with E-state index in [1.807, 2.05) is 24.3 Å². The van der Waals surface area contributed by atoms with Crippen LogP contribution in [0.4, 0.5) is 11.4 Å². The van der Waals surface area contributed by atoms with Gasteiger partial charge in [0.25, 0.3) is 0 Å². The summed E-state index contributed by atoms with van der Waals surface area (Å²) in [5.74, 6) is 0. The maximum atomic E-state index is 5.63. The zero-order chi connectivity index (χ0) is 12.1. The van der Waals surface area contributed by atoms with Gasteiger partial charge in [0.05, 0.1) is 6.67 Å². The highest BCUT2D eigenvalue weighted by Crippen LogP contribution is 2.10. The lowest BCUT2D eigenvalue weighted by atomic mass is 10.3. The van der Waals surface area contributed by atoms with Crippen molar-refractivity contribution in [1.82, 2.24) is 9.80 Å². The Hall–Kier alpha value is -0.970. The van der Waals surface area contributed by atoms with Crippen molar-refractivity contribution >= 4 is 36.2 Å². The average Bonchev–Trinajstić information content (AvgIpc) is 2.73. The topological polar surface area (TPSA) is 44.5 Å². The first-order chi connectivity index (χ1) is 8.24. The van der Waals surface area contributed by atoms with Gasteiger partial charge < -0.3 is 33.3 Å². The summed E-state index contributed by atoms with van der Waals surface area (Å²) in [5, 5.41) is 3.39. The SMILES string of the molecule is CN1C=CN(CCCNc2ccc(N)cc2)C1.Cl.Cl.[Cl-]. The Morgan fingerprint density at radius 2 is 1.80 bits per heavy atom. The van der Waals surface area contributed by atoms with Gasteiger partial charge in [-0.05, 0) is 30.7 Å². The van der Waals surface area contributed by atoms with Crippen molar-refractivity contribution < 1.29 is 12.4 Å². The largest absolute Gasteiger partial charge is 1.00 e. The third-order valence-electron chi connectivity index (χ3n) is 2.80. The molecule has 1 aliphatic rings. The van der Waals surface area contributed by atoms with Crippen LogP contribution in [0.1, 0.15) is 6.42 Å². The lowest BCUT2D eigenvalue weighted by Gasteiger charge is -2.18. The second kappa shape index (κ2) is 10.8. The van der Waals surface area contributed by atoms with Crippen LogP contribution in [-0.2, 0) is 0 Å². The molecule has 0 fully saturated rings. The summed E-state index contributed by atoms with van der Waals surface area (Å²) in [5.41, 5.74) is 7.57. The second-order valence-electron chi connectivity index (χ2n) is 4.41. The Labute approximate surface area is 139 Å². The molecule has 0 radical (unpaired) electrons. The van der Waals surface area contributed by atoms with Crippen molar-refractivity contribution in [3.8, 4) is 0 Å². The van der Waals surface area contributed by atoms with E-state index in [1.54, 1.807) is 0 Å². The van der Waals surface area contributed by atoms with Gasteiger partial charge in [-0.15, -0.1) is 24.8 Å². The molecule has 0 atom stereocenters. The minimum atomic E-state index is 0. The fourth-order valence-electron chi connectivity index (χ4n) is 1.85. The highest BCUT2D eigenvalue weighted by atomic mass is 35.5. The molecule has 4 nitrogen and oxygen atoms in total. The normalized spacial score (nSPS) is 12.2. The molecule has 0 spiro atoms. The van der Waals surface area contributed by atoms with E-state index in [-0.39, 0.29) is 37.2 Å². The van der Waals surface area contributed by atoms with Gasteiger partial charge in [0.15, 0.2) is 0 Å². The summed E-state index contributed by atoms with van der Waals surface area (Å²) in [6.07, 6.45) is 5.37. The number of nitrogens with two attached hydrogens (primary N) is 1. The van der Waals surface area contributed by atoms with Crippen molar-refractivity contribution in [3.63, 3.8) is 0 Å². The van der Waals surface area contributed by atoms with Crippen LogP contribution in [0.3, 0.4) is 0 Å². The van der Waals surface area contributed by atoms with Crippen LogP contribution in [0.2, 0.25) is 0 Å². The van der Waals surface area contributed by atoms with Gasteiger partial charge in [-0.2, -0.15) is 0 Å². The Kier molecular flexibility index (Phi) is 11.5. The zero-order valence-electron chi connectivity index (χ0n) is 11.5. The van der Waals surface area contributed by atoms with Gasteiger partial charge in [0.2, 0.25) is 0 Å². The van der Waals surface area contributed by atoms with E-state index in [1.165, 1.54) is 0 Å². The number of halogens is 3. The monoisotopic (exact) mass is 339 g/mol. The standard InChI is InChI=1S/C13H20N4.3ClH/c1-16-9-10-17(11-16)8-2-7-15-13-5-3-12(14)4-6-13;;;/h3-6,9-10,15H,2,7-8,11,14H2,1H3;3*1H/p-1. The molecule has 0 unspecified atom stereocenters. The van der Waals surface area contributed by atoms with E-state index in [9.17, 15) is 0 Å². The number of hydrogen-bond donors (Lipinski definition) is 2. The van der Waals surface area contributed by atoms with E-state index in [0.29, 0.717) is 0 Å². The van der Waals surface area contributed by atoms with E-state index in [4.69, 9.17) is 5.73 Å². The summed E-state index contributed by atoms with van der Waals surface area (Å²) in [7, 11) is 2.09. The van der Waals surface area contributed by atoms with Crippen LogP contribution < -0.4 is 23.5 Å². The second-order valence-corrected chi connectivity index (χ2v) is 4.41. The number of hydrogen-bond acceptors (Lipinski definition) is 4. The highest BCUT2D eigenvalue weighted by Gasteiger charge is 2.06. The molecule has 1 heterocycles. The van der Waals surface area contributed by atoms with Gasteiger partial charge in [0, 0.05) is 43.9 Å². The number of nitrogen functional groups attached to an aromatic ring is 1. The van der Waals surface area contributed by atoms with Crippen LogP contribution in [0.25, 0.3) is 0 Å². The first kappa shape index (κ1) is 21.3.